The number of H-pyrrole nitrogens is 1. The third kappa shape index (κ3) is 6.86. The molecule has 1 amide bonds. The predicted octanol–water partition coefficient (Wildman–Crippen LogP) is 1.87. The molecule has 2 aromatic rings. The van der Waals surface area contributed by atoms with Gasteiger partial charge in [-0.2, -0.15) is 0 Å². The SMILES string of the molecule is CC(C)NNC(=O)Cc1c[nH]c2cccc(OCC(O)CNC(C)(C)C)c12. The molecule has 1 heterocycles. The quantitative estimate of drug-likeness (QED) is 0.430. The number of aromatic amines is 1. The minimum atomic E-state index is -0.625. The third-order valence-electron chi connectivity index (χ3n) is 3.90. The number of hydrazine groups is 1. The van der Waals surface area contributed by atoms with Crippen molar-refractivity contribution in [3.8, 4) is 5.75 Å². The summed E-state index contributed by atoms with van der Waals surface area (Å²) in [6.45, 7) is 10.7. The Morgan fingerprint density at radius 3 is 2.70 bits per heavy atom. The lowest BCUT2D eigenvalue weighted by Gasteiger charge is -2.23. The van der Waals surface area contributed by atoms with Crippen LogP contribution in [0.1, 0.15) is 40.2 Å². The zero-order valence-corrected chi connectivity index (χ0v) is 16.8. The second kappa shape index (κ2) is 9.21. The predicted molar refractivity (Wildman–Crippen MR) is 108 cm³/mol. The molecule has 7 heteroatoms. The van der Waals surface area contributed by atoms with Gasteiger partial charge in [0.2, 0.25) is 5.91 Å². The minimum Gasteiger partial charge on any atom is -0.490 e. The highest BCUT2D eigenvalue weighted by molar-refractivity contribution is 5.93. The molecule has 1 aromatic carbocycles. The monoisotopic (exact) mass is 376 g/mol. The van der Waals surface area contributed by atoms with Gasteiger partial charge in [0.05, 0.1) is 6.42 Å². The Labute approximate surface area is 160 Å². The van der Waals surface area contributed by atoms with E-state index in [1.807, 2.05) is 59.0 Å². The third-order valence-corrected chi connectivity index (χ3v) is 3.90. The van der Waals surface area contributed by atoms with Crippen molar-refractivity contribution in [1.82, 2.24) is 21.2 Å². The summed E-state index contributed by atoms with van der Waals surface area (Å²) in [6.07, 6.45) is 1.43. The first-order chi connectivity index (χ1) is 12.7. The van der Waals surface area contributed by atoms with Crippen molar-refractivity contribution in [3.05, 3.63) is 30.0 Å². The average molecular weight is 377 g/mol. The number of β-amino-alcohol motifs (C(OH)–C–C–N with tert-alkyl or cyclic N) is 1. The van der Waals surface area contributed by atoms with Crippen molar-refractivity contribution in [3.63, 3.8) is 0 Å². The summed E-state index contributed by atoms with van der Waals surface area (Å²) in [5.74, 6) is 0.539. The summed E-state index contributed by atoms with van der Waals surface area (Å²) in [7, 11) is 0. The topological polar surface area (TPSA) is 98.4 Å². The molecule has 7 nitrogen and oxygen atoms in total. The van der Waals surface area contributed by atoms with Crippen LogP contribution < -0.4 is 20.9 Å². The van der Waals surface area contributed by atoms with Gasteiger partial charge in [-0.25, -0.2) is 5.43 Å². The molecular weight excluding hydrogens is 344 g/mol. The highest BCUT2D eigenvalue weighted by atomic mass is 16.5. The van der Waals surface area contributed by atoms with Gasteiger partial charge in [0.15, 0.2) is 0 Å². The van der Waals surface area contributed by atoms with E-state index in [-0.39, 0.29) is 30.5 Å². The second-order valence-corrected chi connectivity index (χ2v) is 8.11. The number of nitrogens with one attached hydrogen (secondary N) is 4. The van der Waals surface area contributed by atoms with Crippen molar-refractivity contribution < 1.29 is 14.6 Å². The molecule has 2 rings (SSSR count). The number of benzene rings is 1. The molecule has 0 radical (unpaired) electrons. The van der Waals surface area contributed by atoms with Gasteiger partial charge in [0.1, 0.15) is 18.5 Å². The Hall–Kier alpha value is -2.09. The van der Waals surface area contributed by atoms with Gasteiger partial charge >= 0.3 is 0 Å². The van der Waals surface area contributed by atoms with E-state index < -0.39 is 6.10 Å². The number of aliphatic hydroxyl groups excluding tert-OH is 1. The van der Waals surface area contributed by atoms with E-state index in [4.69, 9.17) is 4.74 Å². The number of rotatable bonds is 9. The number of aromatic nitrogens is 1. The highest BCUT2D eigenvalue weighted by Gasteiger charge is 2.16. The molecule has 0 bridgehead atoms. The molecule has 1 atom stereocenters. The first-order valence-electron chi connectivity index (χ1n) is 9.35. The van der Waals surface area contributed by atoms with E-state index in [0.29, 0.717) is 12.3 Å². The lowest BCUT2D eigenvalue weighted by molar-refractivity contribution is -0.121. The molecule has 1 unspecified atom stereocenters. The largest absolute Gasteiger partial charge is 0.490 e. The minimum absolute atomic E-state index is 0.0633. The van der Waals surface area contributed by atoms with E-state index in [1.165, 1.54) is 0 Å². The molecule has 0 spiro atoms. The van der Waals surface area contributed by atoms with Gasteiger partial charge in [-0.05, 0) is 52.3 Å². The van der Waals surface area contributed by atoms with Crippen LogP contribution in [0.15, 0.2) is 24.4 Å². The molecular formula is C20H32N4O3. The fourth-order valence-corrected chi connectivity index (χ4v) is 2.59. The Balaban J connectivity index is 2.04. The molecule has 1 aromatic heterocycles. The molecule has 150 valence electrons. The Kier molecular flexibility index (Phi) is 7.24. The summed E-state index contributed by atoms with van der Waals surface area (Å²) in [4.78, 5) is 15.3. The molecule has 0 saturated carbocycles. The zero-order chi connectivity index (χ0) is 20.0. The van der Waals surface area contributed by atoms with Gasteiger partial charge in [0.25, 0.3) is 0 Å². The van der Waals surface area contributed by atoms with Crippen molar-refractivity contribution >= 4 is 16.8 Å². The molecule has 0 saturated heterocycles. The Morgan fingerprint density at radius 2 is 2.04 bits per heavy atom. The first kappa shape index (κ1) is 21.2. The van der Waals surface area contributed by atoms with Crippen LogP contribution in [0.4, 0.5) is 0 Å². The lowest BCUT2D eigenvalue weighted by atomic mass is 10.1. The second-order valence-electron chi connectivity index (χ2n) is 8.11. The van der Waals surface area contributed by atoms with Gasteiger partial charge < -0.3 is 20.1 Å². The van der Waals surface area contributed by atoms with Crippen LogP contribution in [0.3, 0.4) is 0 Å². The van der Waals surface area contributed by atoms with Gasteiger partial charge in [-0.15, -0.1) is 0 Å². The number of amides is 1. The van der Waals surface area contributed by atoms with Crippen LogP contribution in [0, 0.1) is 0 Å². The molecule has 5 N–H and O–H groups in total. The maximum Gasteiger partial charge on any atom is 0.238 e. The van der Waals surface area contributed by atoms with Crippen LogP contribution in [0.5, 0.6) is 5.75 Å². The van der Waals surface area contributed by atoms with Crippen LogP contribution in [-0.4, -0.2) is 46.8 Å². The van der Waals surface area contributed by atoms with Crippen molar-refractivity contribution in [2.45, 2.75) is 58.7 Å². The molecule has 27 heavy (non-hydrogen) atoms. The molecule has 0 aliphatic heterocycles. The Morgan fingerprint density at radius 1 is 1.30 bits per heavy atom. The lowest BCUT2D eigenvalue weighted by Crippen LogP contribution is -2.42. The van der Waals surface area contributed by atoms with E-state index in [0.717, 1.165) is 16.5 Å². The molecule has 0 aliphatic rings. The zero-order valence-electron chi connectivity index (χ0n) is 16.8. The smallest absolute Gasteiger partial charge is 0.238 e. The number of fused-ring (bicyclic) bond motifs is 1. The van der Waals surface area contributed by atoms with Crippen LogP contribution in [0.2, 0.25) is 0 Å². The van der Waals surface area contributed by atoms with E-state index in [2.05, 4.69) is 21.2 Å². The maximum absolute atomic E-state index is 12.1. The van der Waals surface area contributed by atoms with Gasteiger partial charge in [0, 0.05) is 35.2 Å². The van der Waals surface area contributed by atoms with Gasteiger partial charge in [-0.3, -0.25) is 10.2 Å². The number of hydrogen-bond donors (Lipinski definition) is 5. The maximum atomic E-state index is 12.1. The van der Waals surface area contributed by atoms with Crippen molar-refractivity contribution in [2.24, 2.45) is 0 Å². The fraction of sp³-hybridized carbons (Fsp3) is 0.550. The normalized spacial score (nSPS) is 13.1. The standard InChI is InChI=1S/C20H32N4O3/c1-13(2)23-24-18(26)9-14-10-21-16-7-6-8-17(19(14)16)27-12-15(25)11-22-20(3,4)5/h6-8,10,13,15,21-23,25H,9,11-12H2,1-5H3,(H,24,26). The Bertz CT molecular complexity index is 749. The summed E-state index contributed by atoms with van der Waals surface area (Å²) < 4.78 is 5.87. The van der Waals surface area contributed by atoms with Crippen LogP contribution in [0.25, 0.3) is 10.9 Å². The number of carbonyl (C=O) groups excluding carboxylic acids is 1. The number of ether oxygens (including phenoxy) is 1. The first-order valence-corrected chi connectivity index (χ1v) is 9.35. The van der Waals surface area contributed by atoms with Crippen molar-refractivity contribution in [2.75, 3.05) is 13.2 Å². The average Bonchev–Trinajstić information content (AvgIpc) is 2.99. The van der Waals surface area contributed by atoms with Crippen molar-refractivity contribution in [1.29, 1.82) is 0 Å². The summed E-state index contributed by atoms with van der Waals surface area (Å²) in [5, 5.41) is 14.3. The number of carbonyl (C=O) groups is 1. The summed E-state index contributed by atoms with van der Waals surface area (Å²) >= 11 is 0. The van der Waals surface area contributed by atoms with E-state index in [1.54, 1.807) is 0 Å². The summed E-state index contributed by atoms with van der Waals surface area (Å²) in [5.41, 5.74) is 7.29. The van der Waals surface area contributed by atoms with Crippen LogP contribution >= 0.6 is 0 Å². The van der Waals surface area contributed by atoms with E-state index >= 15 is 0 Å². The van der Waals surface area contributed by atoms with E-state index in [9.17, 15) is 9.90 Å². The van der Waals surface area contributed by atoms with Crippen LogP contribution in [-0.2, 0) is 11.2 Å². The number of hydrogen-bond acceptors (Lipinski definition) is 5. The van der Waals surface area contributed by atoms with Gasteiger partial charge in [-0.1, -0.05) is 6.07 Å². The number of aliphatic hydroxyl groups is 1. The molecule has 0 aliphatic carbocycles. The fourth-order valence-electron chi connectivity index (χ4n) is 2.59. The highest BCUT2D eigenvalue weighted by Crippen LogP contribution is 2.29. The molecule has 0 fully saturated rings. The summed E-state index contributed by atoms with van der Waals surface area (Å²) in [6, 6.07) is 5.85.